The average molecular weight is 487 g/mol. The van der Waals surface area contributed by atoms with Crippen LogP contribution in [0.15, 0.2) is 71.7 Å². The molecule has 0 bridgehead atoms. The number of nitrogens with zero attached hydrogens (tertiary/aromatic N) is 3. The fourth-order valence-electron chi connectivity index (χ4n) is 3.00. The van der Waals surface area contributed by atoms with Crippen molar-refractivity contribution in [2.75, 3.05) is 17.3 Å². The number of carbonyl (C=O) groups is 2. The molecule has 0 radical (unpaired) electrons. The van der Waals surface area contributed by atoms with Gasteiger partial charge in [0.2, 0.25) is 0 Å². The van der Waals surface area contributed by atoms with Crippen LogP contribution in [0.4, 0.5) is 19.8 Å². The third kappa shape index (κ3) is 5.25. The molecule has 2 heterocycles. The number of aromatic nitrogens is 2. The van der Waals surface area contributed by atoms with Crippen molar-refractivity contribution in [1.29, 1.82) is 0 Å². The molecule has 0 spiro atoms. The molecule has 1 N–H and O–H groups in total. The van der Waals surface area contributed by atoms with E-state index in [0.29, 0.717) is 0 Å². The Labute approximate surface area is 196 Å². The molecule has 0 unspecified atom stereocenters. The standard InChI is InChI=1S/C22H18FN3O7S/c23-16-11-25(17-13-34-18(12-27)33-17)20(28)24-19(16)26(21(29)31-14-7-3-1-4-8-14)22(30)32-15-9-5-2-6-10-15/h1-11,17-18,27H,12-13H2/t17-,18+/m0/s1. The first-order chi connectivity index (χ1) is 16.5. The topological polar surface area (TPSA) is 120 Å². The minimum atomic E-state index is -1.33. The molecule has 12 heteroatoms. The molecular formula is C22H18FN3O7S. The van der Waals surface area contributed by atoms with Crippen LogP contribution < -0.4 is 20.1 Å². The highest BCUT2D eigenvalue weighted by Gasteiger charge is 2.34. The maximum Gasteiger partial charge on any atom is 0.430 e. The average Bonchev–Trinajstić information content (AvgIpc) is 3.31. The fraction of sp³-hybridized carbons (Fsp3) is 0.182. The van der Waals surface area contributed by atoms with E-state index >= 15 is 4.39 Å². The number of thioether (sulfide) groups is 1. The molecule has 1 aromatic heterocycles. The number of hydrogen-bond acceptors (Lipinski definition) is 9. The molecule has 1 fully saturated rings. The summed E-state index contributed by atoms with van der Waals surface area (Å²) in [4.78, 5) is 42.2. The first-order valence-electron chi connectivity index (χ1n) is 9.96. The van der Waals surface area contributed by atoms with E-state index in [1.165, 1.54) is 36.0 Å². The summed E-state index contributed by atoms with van der Waals surface area (Å²) in [6.45, 7) is -0.283. The van der Waals surface area contributed by atoms with Crippen molar-refractivity contribution in [3.8, 4) is 11.5 Å². The number of carbonyl (C=O) groups excluding carboxylic acids is 2. The number of ether oxygens (including phenoxy) is 3. The second kappa shape index (κ2) is 10.5. The van der Waals surface area contributed by atoms with Gasteiger partial charge in [-0.1, -0.05) is 36.4 Å². The fourth-order valence-corrected chi connectivity index (χ4v) is 3.93. The van der Waals surface area contributed by atoms with Gasteiger partial charge in [-0.25, -0.2) is 18.8 Å². The monoisotopic (exact) mass is 487 g/mol. The highest BCUT2D eigenvalue weighted by atomic mass is 32.2. The summed E-state index contributed by atoms with van der Waals surface area (Å²) in [5.41, 5.74) is -1.55. The number of rotatable bonds is 5. The summed E-state index contributed by atoms with van der Waals surface area (Å²) < 4.78 is 31.8. The number of anilines is 1. The molecular weight excluding hydrogens is 469 g/mol. The molecule has 0 aliphatic carbocycles. The number of aliphatic hydroxyl groups is 1. The van der Waals surface area contributed by atoms with Crippen LogP contribution in [0.2, 0.25) is 0 Å². The zero-order valence-corrected chi connectivity index (χ0v) is 18.3. The lowest BCUT2D eigenvalue weighted by Crippen LogP contribution is -2.44. The van der Waals surface area contributed by atoms with Crippen LogP contribution in [-0.4, -0.2) is 44.6 Å². The largest absolute Gasteiger partial charge is 0.430 e. The number of amides is 2. The van der Waals surface area contributed by atoms with Gasteiger partial charge >= 0.3 is 17.9 Å². The lowest BCUT2D eigenvalue weighted by Gasteiger charge is -2.20. The van der Waals surface area contributed by atoms with Crippen LogP contribution in [0.1, 0.15) is 6.23 Å². The Kier molecular flexibility index (Phi) is 7.21. The van der Waals surface area contributed by atoms with E-state index in [1.807, 2.05) is 0 Å². The summed E-state index contributed by atoms with van der Waals surface area (Å²) in [7, 11) is 0. The Morgan fingerprint density at radius 2 is 1.65 bits per heavy atom. The van der Waals surface area contributed by atoms with E-state index in [1.54, 1.807) is 36.4 Å². The van der Waals surface area contributed by atoms with Crippen molar-refractivity contribution in [3.63, 3.8) is 0 Å². The van der Waals surface area contributed by atoms with Gasteiger partial charge in [-0.15, -0.1) is 11.8 Å². The molecule has 176 valence electrons. The van der Waals surface area contributed by atoms with E-state index in [9.17, 15) is 19.5 Å². The zero-order valence-electron chi connectivity index (χ0n) is 17.4. The van der Waals surface area contributed by atoms with Crippen molar-refractivity contribution in [3.05, 3.63) is 83.2 Å². The number of aliphatic hydroxyl groups excluding tert-OH is 1. The molecule has 2 amide bonds. The Hall–Kier alpha value is -3.74. The van der Waals surface area contributed by atoms with Crippen LogP contribution in [0.5, 0.6) is 11.5 Å². The first kappa shape index (κ1) is 23.4. The summed E-state index contributed by atoms with van der Waals surface area (Å²) >= 11 is 1.24. The quantitative estimate of drug-likeness (QED) is 0.579. The van der Waals surface area contributed by atoms with Crippen molar-refractivity contribution in [2.24, 2.45) is 0 Å². The second-order valence-electron chi connectivity index (χ2n) is 6.84. The lowest BCUT2D eigenvalue weighted by atomic mass is 10.3. The van der Waals surface area contributed by atoms with Gasteiger partial charge in [0.15, 0.2) is 11.6 Å². The molecule has 2 atom stereocenters. The van der Waals surface area contributed by atoms with Crippen LogP contribution in [0, 0.1) is 5.82 Å². The van der Waals surface area contributed by atoms with Crippen molar-refractivity contribution in [2.45, 2.75) is 11.7 Å². The van der Waals surface area contributed by atoms with Crippen LogP contribution in [0.3, 0.4) is 0 Å². The maximum atomic E-state index is 15.1. The molecule has 1 aliphatic heterocycles. The second-order valence-corrected chi connectivity index (χ2v) is 8.03. The first-order valence-corrected chi connectivity index (χ1v) is 11.0. The van der Waals surface area contributed by atoms with Gasteiger partial charge in [0, 0.05) is 5.75 Å². The van der Waals surface area contributed by atoms with E-state index < -0.39 is 41.2 Å². The van der Waals surface area contributed by atoms with Crippen LogP contribution >= 0.6 is 11.8 Å². The van der Waals surface area contributed by atoms with Crippen molar-refractivity contribution >= 4 is 29.8 Å². The van der Waals surface area contributed by atoms with Gasteiger partial charge in [-0.2, -0.15) is 9.88 Å². The van der Waals surface area contributed by atoms with Crippen LogP contribution in [-0.2, 0) is 4.74 Å². The minimum Gasteiger partial charge on any atom is -0.410 e. The van der Waals surface area contributed by atoms with Gasteiger partial charge in [0.25, 0.3) is 0 Å². The Morgan fingerprint density at radius 3 is 2.15 bits per heavy atom. The predicted molar refractivity (Wildman–Crippen MR) is 119 cm³/mol. The van der Waals surface area contributed by atoms with E-state index in [-0.39, 0.29) is 28.8 Å². The Balaban J connectivity index is 1.67. The normalized spacial score (nSPS) is 17.2. The molecule has 1 aliphatic rings. The Morgan fingerprint density at radius 1 is 1.09 bits per heavy atom. The molecule has 0 saturated carbocycles. The lowest BCUT2D eigenvalue weighted by molar-refractivity contribution is -0.00679. The molecule has 34 heavy (non-hydrogen) atoms. The number of benzene rings is 2. The van der Waals surface area contributed by atoms with E-state index in [2.05, 4.69) is 4.98 Å². The number of halogens is 1. The highest BCUT2D eigenvalue weighted by molar-refractivity contribution is 8.00. The Bertz CT molecular complexity index is 1170. The maximum absolute atomic E-state index is 15.1. The molecule has 3 aromatic rings. The van der Waals surface area contributed by atoms with Gasteiger partial charge in [-0.05, 0) is 24.3 Å². The third-order valence-electron chi connectivity index (χ3n) is 4.56. The number of para-hydroxylation sites is 2. The highest BCUT2D eigenvalue weighted by Crippen LogP contribution is 2.31. The van der Waals surface area contributed by atoms with Gasteiger partial charge in [0.1, 0.15) is 23.2 Å². The SMILES string of the molecule is O=C(Oc1ccccc1)N(C(=O)Oc1ccccc1)c1nc(=O)n([C@@H]2CS[C@H](CO)O2)cc1F. The van der Waals surface area contributed by atoms with E-state index in [0.717, 1.165) is 10.8 Å². The number of hydrogen-bond donors (Lipinski definition) is 1. The smallest absolute Gasteiger partial charge is 0.410 e. The summed E-state index contributed by atoms with van der Waals surface area (Å²) in [5, 5.41) is 9.20. The molecule has 1 saturated heterocycles. The predicted octanol–water partition coefficient (Wildman–Crippen LogP) is 3.17. The summed E-state index contributed by atoms with van der Waals surface area (Å²) in [5.74, 6) is -1.65. The van der Waals surface area contributed by atoms with E-state index in [4.69, 9.17) is 14.2 Å². The van der Waals surface area contributed by atoms with Crippen molar-refractivity contribution < 1.29 is 33.3 Å². The number of imide groups is 1. The molecule has 4 rings (SSSR count). The molecule has 10 nitrogen and oxygen atoms in total. The summed E-state index contributed by atoms with van der Waals surface area (Å²) in [6, 6.07) is 15.5. The van der Waals surface area contributed by atoms with Crippen LogP contribution in [0.25, 0.3) is 0 Å². The van der Waals surface area contributed by atoms with Crippen molar-refractivity contribution in [1.82, 2.24) is 9.55 Å². The molecule has 2 aromatic carbocycles. The minimum absolute atomic E-state index is 0.0742. The summed E-state index contributed by atoms with van der Waals surface area (Å²) in [6.07, 6.45) is -2.77. The van der Waals surface area contributed by atoms with Gasteiger partial charge in [-0.3, -0.25) is 4.57 Å². The van der Waals surface area contributed by atoms with Gasteiger partial charge < -0.3 is 19.3 Å². The zero-order chi connectivity index (χ0) is 24.1. The van der Waals surface area contributed by atoms with Gasteiger partial charge in [0.05, 0.1) is 12.8 Å². The third-order valence-corrected chi connectivity index (χ3v) is 5.66.